The second-order valence-corrected chi connectivity index (χ2v) is 4.64. The average molecular weight is 237 g/mol. The van der Waals surface area contributed by atoms with Crippen molar-refractivity contribution in [1.82, 2.24) is 4.90 Å². The molecule has 1 aliphatic heterocycles. The van der Waals surface area contributed by atoms with Gasteiger partial charge in [0.1, 0.15) is 6.17 Å². The zero-order chi connectivity index (χ0) is 12.3. The first-order valence-corrected chi connectivity index (χ1v) is 6.99. The predicted octanol–water partition coefficient (Wildman–Crippen LogP) is 2.57. The van der Waals surface area contributed by atoms with Gasteiger partial charge in [0.05, 0.1) is 0 Å². The molecule has 0 aliphatic carbocycles. The maximum atomic E-state index is 5.59. The number of nitrogens with zero attached hydrogens (tertiary/aromatic N) is 2. The Kier molecular flexibility index (Phi) is 7.93. The van der Waals surface area contributed by atoms with Gasteiger partial charge in [0.2, 0.25) is 0 Å². The van der Waals surface area contributed by atoms with Gasteiger partial charge in [-0.25, -0.2) is 0 Å². The van der Waals surface area contributed by atoms with Crippen LogP contribution in [0.15, 0.2) is 17.1 Å². The lowest BCUT2D eigenvalue weighted by Gasteiger charge is -2.21. The second-order valence-electron chi connectivity index (χ2n) is 4.64. The van der Waals surface area contributed by atoms with Crippen LogP contribution in [0, 0.1) is 0 Å². The molecule has 0 bridgehead atoms. The maximum Gasteiger partial charge on any atom is 0.102 e. The molecule has 0 spiro atoms. The molecule has 0 aromatic rings. The first-order valence-electron chi connectivity index (χ1n) is 6.99. The number of aliphatic imine (C=N–C) groups is 1. The summed E-state index contributed by atoms with van der Waals surface area (Å²) in [6.07, 6.45) is 14.5. The summed E-state index contributed by atoms with van der Waals surface area (Å²) in [6.45, 7) is 4.92. The highest BCUT2D eigenvalue weighted by Gasteiger charge is 2.18. The SMILES string of the molecule is CCCC/C=C/CCCC1N=CCN1CCN. The lowest BCUT2D eigenvalue weighted by Crippen LogP contribution is -2.34. The number of rotatable bonds is 9. The van der Waals surface area contributed by atoms with E-state index < -0.39 is 0 Å². The third-order valence-electron chi connectivity index (χ3n) is 3.16. The van der Waals surface area contributed by atoms with Crippen LogP contribution in [0.4, 0.5) is 0 Å². The number of hydrogen-bond donors (Lipinski definition) is 1. The highest BCUT2D eigenvalue weighted by molar-refractivity contribution is 5.62. The molecule has 1 atom stereocenters. The number of unbranched alkanes of at least 4 members (excludes halogenated alkanes) is 3. The van der Waals surface area contributed by atoms with Gasteiger partial charge in [0, 0.05) is 25.8 Å². The Balaban J connectivity index is 2.05. The van der Waals surface area contributed by atoms with Gasteiger partial charge in [-0.3, -0.25) is 9.89 Å². The van der Waals surface area contributed by atoms with Crippen LogP contribution in [0.2, 0.25) is 0 Å². The van der Waals surface area contributed by atoms with Crippen molar-refractivity contribution in [2.75, 3.05) is 19.6 Å². The van der Waals surface area contributed by atoms with Crippen molar-refractivity contribution < 1.29 is 0 Å². The molecule has 1 rings (SSSR count). The molecule has 0 saturated carbocycles. The van der Waals surface area contributed by atoms with E-state index in [4.69, 9.17) is 5.73 Å². The standard InChI is InChI=1S/C14H27N3/c1-2-3-4-5-6-7-8-9-14-16-11-13-17(14)12-10-15/h5-6,11,14H,2-4,7-10,12-13,15H2,1H3/b6-5+. The molecule has 0 radical (unpaired) electrons. The summed E-state index contributed by atoms with van der Waals surface area (Å²) in [5.41, 5.74) is 5.59. The molecule has 0 amide bonds. The van der Waals surface area contributed by atoms with Crippen molar-refractivity contribution in [2.24, 2.45) is 10.7 Å². The van der Waals surface area contributed by atoms with Crippen LogP contribution in [-0.2, 0) is 0 Å². The van der Waals surface area contributed by atoms with Crippen molar-refractivity contribution in [3.8, 4) is 0 Å². The van der Waals surface area contributed by atoms with Crippen LogP contribution in [0.25, 0.3) is 0 Å². The largest absolute Gasteiger partial charge is 0.329 e. The van der Waals surface area contributed by atoms with E-state index >= 15 is 0 Å². The van der Waals surface area contributed by atoms with E-state index in [2.05, 4.69) is 29.0 Å². The fourth-order valence-electron chi connectivity index (χ4n) is 2.13. The van der Waals surface area contributed by atoms with Crippen LogP contribution in [0.3, 0.4) is 0 Å². The quantitative estimate of drug-likeness (QED) is 0.494. The van der Waals surface area contributed by atoms with Crippen LogP contribution < -0.4 is 5.73 Å². The molecule has 0 aromatic carbocycles. The molecule has 0 aromatic heterocycles. The molecule has 17 heavy (non-hydrogen) atoms. The van der Waals surface area contributed by atoms with E-state index in [0.29, 0.717) is 6.17 Å². The van der Waals surface area contributed by atoms with Gasteiger partial charge in [-0.05, 0) is 25.7 Å². The fourth-order valence-corrected chi connectivity index (χ4v) is 2.13. The minimum absolute atomic E-state index is 0.391. The lowest BCUT2D eigenvalue weighted by molar-refractivity contribution is 0.243. The van der Waals surface area contributed by atoms with Crippen molar-refractivity contribution in [1.29, 1.82) is 0 Å². The molecule has 1 heterocycles. The fraction of sp³-hybridized carbons (Fsp3) is 0.786. The van der Waals surface area contributed by atoms with Crippen LogP contribution in [0.1, 0.15) is 45.4 Å². The zero-order valence-electron chi connectivity index (χ0n) is 11.1. The summed E-state index contributed by atoms with van der Waals surface area (Å²) >= 11 is 0. The van der Waals surface area contributed by atoms with E-state index in [1.807, 2.05) is 6.21 Å². The predicted molar refractivity (Wildman–Crippen MR) is 75.4 cm³/mol. The molecule has 3 nitrogen and oxygen atoms in total. The summed E-state index contributed by atoms with van der Waals surface area (Å²) in [4.78, 5) is 6.87. The smallest absolute Gasteiger partial charge is 0.102 e. The molecule has 3 heteroatoms. The summed E-state index contributed by atoms with van der Waals surface area (Å²) in [5, 5.41) is 0. The van der Waals surface area contributed by atoms with Crippen LogP contribution >= 0.6 is 0 Å². The average Bonchev–Trinajstić information content (AvgIpc) is 2.76. The van der Waals surface area contributed by atoms with Gasteiger partial charge < -0.3 is 5.73 Å². The first-order chi connectivity index (χ1) is 8.38. The molecule has 1 unspecified atom stereocenters. The van der Waals surface area contributed by atoms with E-state index in [1.54, 1.807) is 0 Å². The summed E-state index contributed by atoms with van der Waals surface area (Å²) in [7, 11) is 0. The molecule has 0 saturated heterocycles. The summed E-state index contributed by atoms with van der Waals surface area (Å²) in [5.74, 6) is 0. The van der Waals surface area contributed by atoms with Gasteiger partial charge in [0.25, 0.3) is 0 Å². The van der Waals surface area contributed by atoms with E-state index in [1.165, 1.54) is 32.1 Å². The van der Waals surface area contributed by atoms with E-state index in [9.17, 15) is 0 Å². The van der Waals surface area contributed by atoms with Gasteiger partial charge in [-0.15, -0.1) is 0 Å². The zero-order valence-corrected chi connectivity index (χ0v) is 11.1. The highest BCUT2D eigenvalue weighted by atomic mass is 15.3. The maximum absolute atomic E-state index is 5.59. The van der Waals surface area contributed by atoms with Crippen LogP contribution in [0.5, 0.6) is 0 Å². The lowest BCUT2D eigenvalue weighted by atomic mass is 10.1. The molecule has 1 aliphatic rings. The Bertz CT molecular complexity index is 236. The van der Waals surface area contributed by atoms with E-state index in [-0.39, 0.29) is 0 Å². The Morgan fingerprint density at radius 1 is 1.35 bits per heavy atom. The summed E-state index contributed by atoms with van der Waals surface area (Å²) in [6, 6.07) is 0. The van der Waals surface area contributed by atoms with Gasteiger partial charge >= 0.3 is 0 Å². The first kappa shape index (κ1) is 14.4. The van der Waals surface area contributed by atoms with Gasteiger partial charge in [0.15, 0.2) is 0 Å². The minimum Gasteiger partial charge on any atom is -0.329 e. The third kappa shape index (κ3) is 5.99. The number of nitrogens with two attached hydrogens (primary N) is 1. The van der Waals surface area contributed by atoms with E-state index in [0.717, 1.165) is 26.1 Å². The molecular formula is C14H27N3. The molecule has 0 fully saturated rings. The van der Waals surface area contributed by atoms with Crippen molar-refractivity contribution in [3.05, 3.63) is 12.2 Å². The minimum atomic E-state index is 0.391. The van der Waals surface area contributed by atoms with Gasteiger partial charge in [-0.2, -0.15) is 0 Å². The Morgan fingerprint density at radius 3 is 2.82 bits per heavy atom. The third-order valence-corrected chi connectivity index (χ3v) is 3.16. The highest BCUT2D eigenvalue weighted by Crippen LogP contribution is 2.13. The monoisotopic (exact) mass is 237 g/mol. The van der Waals surface area contributed by atoms with Gasteiger partial charge in [-0.1, -0.05) is 31.9 Å². The van der Waals surface area contributed by atoms with Crippen molar-refractivity contribution >= 4 is 6.21 Å². The Hall–Kier alpha value is -0.670. The van der Waals surface area contributed by atoms with Crippen LogP contribution in [-0.4, -0.2) is 36.9 Å². The van der Waals surface area contributed by atoms with Crippen molar-refractivity contribution in [2.45, 2.75) is 51.6 Å². The molecule has 98 valence electrons. The molecular weight excluding hydrogens is 210 g/mol. The number of allylic oxidation sites excluding steroid dienone is 2. The topological polar surface area (TPSA) is 41.6 Å². The normalized spacial score (nSPS) is 20.7. The second kappa shape index (κ2) is 9.37. The summed E-state index contributed by atoms with van der Waals surface area (Å²) < 4.78 is 0. The number of hydrogen-bond acceptors (Lipinski definition) is 3. The Labute approximate surface area is 106 Å². The Morgan fingerprint density at radius 2 is 2.12 bits per heavy atom. The molecule has 2 N–H and O–H groups in total. The van der Waals surface area contributed by atoms with Crippen molar-refractivity contribution in [3.63, 3.8) is 0 Å².